The second kappa shape index (κ2) is 20.7. The first-order chi connectivity index (χ1) is 36.6. The molecule has 4 saturated heterocycles. The van der Waals surface area contributed by atoms with Crippen molar-refractivity contribution in [2.24, 2.45) is 4.99 Å². The van der Waals surface area contributed by atoms with Crippen LogP contribution in [0.1, 0.15) is 111 Å². The maximum atomic E-state index is 18.5. The van der Waals surface area contributed by atoms with E-state index in [-0.39, 0.29) is 101 Å². The summed E-state index contributed by atoms with van der Waals surface area (Å²) in [6.07, 6.45) is 1.54. The zero-order valence-corrected chi connectivity index (χ0v) is 46.2. The zero-order valence-electron chi connectivity index (χ0n) is 45.2. The summed E-state index contributed by atoms with van der Waals surface area (Å²) in [6, 6.07) is 21.2. The Hall–Kier alpha value is -6.44. The zero-order chi connectivity index (χ0) is 54.9. The molecule has 0 aliphatic carbocycles. The van der Waals surface area contributed by atoms with Gasteiger partial charge in [0.15, 0.2) is 23.3 Å². The van der Waals surface area contributed by atoms with Crippen LogP contribution in [0.3, 0.4) is 0 Å². The van der Waals surface area contributed by atoms with Gasteiger partial charge in [0.2, 0.25) is 0 Å². The normalized spacial score (nSPS) is 20.6. The summed E-state index contributed by atoms with van der Waals surface area (Å²) in [4.78, 5) is 33.8. The van der Waals surface area contributed by atoms with E-state index < -0.39 is 77.1 Å². The molecule has 5 heterocycles. The number of alkyl halides is 1. The van der Waals surface area contributed by atoms with Crippen molar-refractivity contribution >= 4 is 53.1 Å². The lowest BCUT2D eigenvalue weighted by Gasteiger charge is -2.42. The summed E-state index contributed by atoms with van der Waals surface area (Å²) >= 11 is 0. The molecule has 0 spiro atoms. The minimum absolute atomic E-state index is 0.00163. The first-order valence-electron chi connectivity index (χ1n) is 27.0. The number of piperazine rings is 1. The number of hydrogen-bond donors (Lipinski definition) is 0. The number of amides is 1. The highest BCUT2D eigenvalue weighted by Crippen LogP contribution is 2.47. The molecule has 1 amide bonds. The summed E-state index contributed by atoms with van der Waals surface area (Å²) in [7, 11) is -2.70. The van der Waals surface area contributed by atoms with E-state index in [1.54, 1.807) is 25.7 Å². The van der Waals surface area contributed by atoms with E-state index in [4.69, 9.17) is 19.5 Å². The molecule has 5 aromatic carbocycles. The lowest BCUT2D eigenvalue weighted by Crippen LogP contribution is -2.57. The molecule has 4 aliphatic heterocycles. The first-order valence-corrected chi connectivity index (χ1v) is 29.2. The molecule has 0 N–H and O–H groups in total. The Morgan fingerprint density at radius 2 is 1.43 bits per heavy atom. The summed E-state index contributed by atoms with van der Waals surface area (Å²) < 4.78 is 114. The van der Waals surface area contributed by atoms with E-state index in [1.165, 1.54) is 12.1 Å². The molecule has 16 heteroatoms. The molecular weight excluding hydrogens is 1010 g/mol. The van der Waals surface area contributed by atoms with Gasteiger partial charge in [0.25, 0.3) is 0 Å². The van der Waals surface area contributed by atoms with Crippen LogP contribution in [0.2, 0.25) is 16.6 Å². The molecule has 77 heavy (non-hydrogen) atoms. The second-order valence-electron chi connectivity index (χ2n) is 23.4. The predicted octanol–water partition coefficient (Wildman–Crippen LogP) is 14.4. The van der Waals surface area contributed by atoms with Crippen LogP contribution in [-0.2, 0) is 4.74 Å². The third-order valence-corrected chi connectivity index (χ3v) is 22.8. The summed E-state index contributed by atoms with van der Waals surface area (Å²) in [5, 5.41) is -0.845. The fraction of sp³-hybridized carbons (Fsp3) is 0.443. The minimum Gasteiger partial charge on any atom is -0.461 e. The van der Waals surface area contributed by atoms with Crippen LogP contribution in [0.5, 0.6) is 6.01 Å². The van der Waals surface area contributed by atoms with Crippen molar-refractivity contribution in [2.75, 3.05) is 37.7 Å². The fourth-order valence-electron chi connectivity index (χ4n) is 13.2. The Morgan fingerprint density at radius 3 is 2.03 bits per heavy atom. The number of fused-ring (bicyclic) bond motifs is 5. The Bertz CT molecular complexity index is 3280. The number of hydrogen-bond acceptors (Lipinski definition) is 8. The molecule has 2 bridgehead atoms. The number of carbonyl (C=O) groups excluding carboxylic acids is 1. The minimum atomic E-state index is -2.70. The third-order valence-electron chi connectivity index (χ3n) is 16.5. The number of ether oxygens (including phenoxy) is 2. The highest BCUT2D eigenvalue weighted by atomic mass is 28.3. The molecule has 0 radical (unpaired) electrons. The van der Waals surface area contributed by atoms with Crippen LogP contribution in [0, 0.1) is 40.6 Å². The molecule has 4 aliphatic rings. The molecule has 404 valence electrons. The number of rotatable bonds is 11. The Morgan fingerprint density at radius 1 is 0.805 bits per heavy atom. The molecule has 1 aromatic heterocycles. The Balaban J connectivity index is 1.23. The number of carbonyl (C=O) groups is 1. The van der Waals surface area contributed by atoms with Gasteiger partial charge in [-0.1, -0.05) is 108 Å². The quantitative estimate of drug-likeness (QED) is 0.0420. The van der Waals surface area contributed by atoms with Crippen LogP contribution in [-0.4, -0.2) is 102 Å². The van der Waals surface area contributed by atoms with E-state index in [0.29, 0.717) is 42.6 Å². The standard InChI is InChI=1S/C61H66F6N6O3Si/c1-35(2)77(36(3)4,37(5)6)26-23-44-49-45(27-41(28-46(49)52(65)54(67)51(44)64)68-55(38-17-12-10-13-18-38)39-19-14-11-15-20-39)50-48(63)29-47-56(53(50)66)69-58(75-34-61-24-16-25-72(61)31-40(62)30-61)70-57(47)71-32-42-21-22-43(33-71)73(42)59(74)76-60(7,8)9/h10-15,17-20,27-29,35-37,40,42-43H,16,21-22,24-25,30-34H2,1-9H3/t40-,42?,43?,61+/m1/s1. The van der Waals surface area contributed by atoms with Gasteiger partial charge in [0, 0.05) is 53.3 Å². The smallest absolute Gasteiger partial charge is 0.410 e. The monoisotopic (exact) mass is 1070 g/mol. The van der Waals surface area contributed by atoms with Crippen molar-refractivity contribution < 1.29 is 40.6 Å². The fourth-order valence-corrected chi connectivity index (χ4v) is 18.4. The molecule has 0 saturated carbocycles. The van der Waals surface area contributed by atoms with E-state index in [1.807, 2.05) is 65.6 Å². The molecular formula is C61H66F6N6O3Si. The van der Waals surface area contributed by atoms with Crippen molar-refractivity contribution in [2.45, 2.75) is 140 Å². The maximum Gasteiger partial charge on any atom is 0.410 e. The van der Waals surface area contributed by atoms with Gasteiger partial charge >= 0.3 is 12.1 Å². The van der Waals surface area contributed by atoms with Gasteiger partial charge < -0.3 is 14.4 Å². The number of nitrogens with zero attached hydrogens (tertiary/aromatic N) is 6. The van der Waals surface area contributed by atoms with Gasteiger partial charge in [-0.25, -0.2) is 36.1 Å². The molecule has 4 fully saturated rings. The highest BCUT2D eigenvalue weighted by molar-refractivity contribution is 6.90. The van der Waals surface area contributed by atoms with Crippen LogP contribution >= 0.6 is 0 Å². The molecule has 2 unspecified atom stereocenters. The molecule has 4 atom stereocenters. The average molecular weight is 1070 g/mol. The summed E-state index contributed by atoms with van der Waals surface area (Å²) in [5.74, 6) is -4.13. The van der Waals surface area contributed by atoms with E-state index >= 15 is 26.3 Å². The summed E-state index contributed by atoms with van der Waals surface area (Å²) in [5.41, 5.74) is 2.02. The van der Waals surface area contributed by atoms with E-state index in [9.17, 15) is 4.79 Å². The lowest BCUT2D eigenvalue weighted by molar-refractivity contribution is 0.0122. The number of anilines is 1. The SMILES string of the molecule is CC(C)[Si](C#Cc1c(F)c(F)c(F)c2cc(N=C(c3ccccc3)c3ccccc3)cc(-c3c(F)cc4c(N5CC6CCC(C5)N6C(=O)OC(C)(C)C)nc(OC[C@@]56CCCN5C[C@H](F)C6)nc4c3F)c12)(C(C)C)C(C)C. The number of aromatic nitrogens is 2. The third kappa shape index (κ3) is 9.85. The van der Waals surface area contributed by atoms with Gasteiger partial charge in [-0.2, -0.15) is 9.97 Å². The summed E-state index contributed by atoms with van der Waals surface area (Å²) in [6.45, 7) is 19.2. The van der Waals surface area contributed by atoms with Crippen molar-refractivity contribution in [3.8, 4) is 28.6 Å². The van der Waals surface area contributed by atoms with Gasteiger partial charge in [-0.05, 0) is 93.4 Å². The largest absolute Gasteiger partial charge is 0.461 e. The van der Waals surface area contributed by atoms with Gasteiger partial charge in [-0.15, -0.1) is 5.54 Å². The van der Waals surface area contributed by atoms with Gasteiger partial charge in [-0.3, -0.25) is 9.80 Å². The predicted molar refractivity (Wildman–Crippen MR) is 294 cm³/mol. The molecule has 9 nitrogen and oxygen atoms in total. The van der Waals surface area contributed by atoms with Gasteiger partial charge in [0.05, 0.1) is 40.1 Å². The molecule has 6 aromatic rings. The van der Waals surface area contributed by atoms with Gasteiger partial charge in [0.1, 0.15) is 43.6 Å². The van der Waals surface area contributed by atoms with Crippen molar-refractivity contribution in [3.05, 3.63) is 125 Å². The van der Waals surface area contributed by atoms with Crippen LogP contribution in [0.25, 0.3) is 32.8 Å². The average Bonchev–Trinajstić information content (AvgIpc) is 4.06. The number of benzene rings is 5. The van der Waals surface area contributed by atoms with Crippen molar-refractivity contribution in [1.82, 2.24) is 19.8 Å². The van der Waals surface area contributed by atoms with Crippen molar-refractivity contribution in [1.29, 1.82) is 0 Å². The molecule has 10 rings (SSSR count). The number of aliphatic imine (C=N–C) groups is 1. The number of halogens is 6. The van der Waals surface area contributed by atoms with Crippen LogP contribution in [0.4, 0.5) is 42.6 Å². The topological polar surface area (TPSA) is 83.4 Å². The maximum absolute atomic E-state index is 18.5. The van der Waals surface area contributed by atoms with Crippen LogP contribution in [0.15, 0.2) is 83.9 Å². The van der Waals surface area contributed by atoms with E-state index in [0.717, 1.165) is 12.5 Å². The van der Waals surface area contributed by atoms with Crippen LogP contribution < -0.4 is 9.64 Å². The van der Waals surface area contributed by atoms with E-state index in [2.05, 4.69) is 62.9 Å². The second-order valence-corrected chi connectivity index (χ2v) is 29.0. The lowest BCUT2D eigenvalue weighted by atomic mass is 9.91. The van der Waals surface area contributed by atoms with Crippen molar-refractivity contribution in [3.63, 3.8) is 0 Å². The highest BCUT2D eigenvalue weighted by Gasteiger charge is 2.50. The first kappa shape index (κ1) is 53.9. The Labute approximate surface area is 448 Å². The Kier molecular flexibility index (Phi) is 14.5.